The zero-order valence-electron chi connectivity index (χ0n) is 10.3. The average Bonchev–Trinajstić information content (AvgIpc) is 2.97. The number of hydrogen-bond donors (Lipinski definition) is 0. The summed E-state index contributed by atoms with van der Waals surface area (Å²) in [6, 6.07) is 5.23. The molecule has 0 saturated heterocycles. The van der Waals surface area contributed by atoms with Crippen LogP contribution in [-0.2, 0) is 16.6 Å². The van der Waals surface area contributed by atoms with Gasteiger partial charge in [-0.15, -0.1) is 22.7 Å². The highest BCUT2D eigenvalue weighted by Gasteiger charge is 2.26. The first-order valence-corrected chi connectivity index (χ1v) is 8.78. The number of thiophene rings is 2. The van der Waals surface area contributed by atoms with E-state index < -0.39 is 10.0 Å². The molecule has 0 aliphatic heterocycles. The molecule has 8 heteroatoms. The van der Waals surface area contributed by atoms with Gasteiger partial charge in [-0.05, 0) is 23.6 Å². The fourth-order valence-electron chi connectivity index (χ4n) is 1.51. The fourth-order valence-corrected chi connectivity index (χ4v) is 5.34. The van der Waals surface area contributed by atoms with Gasteiger partial charge in [0.25, 0.3) is 10.0 Å². The second kappa shape index (κ2) is 5.80. The molecule has 0 fully saturated rings. The molecular formula is C11H12ClNO3S3. The Balaban J connectivity index is 2.24. The Morgan fingerprint density at radius 3 is 2.68 bits per heavy atom. The summed E-state index contributed by atoms with van der Waals surface area (Å²) < 4.78 is 32.1. The van der Waals surface area contributed by atoms with Crippen molar-refractivity contribution in [3.8, 4) is 5.75 Å². The maximum Gasteiger partial charge on any atom is 0.256 e. The second-order valence-electron chi connectivity index (χ2n) is 3.74. The summed E-state index contributed by atoms with van der Waals surface area (Å²) in [6.07, 6.45) is 0. The fraction of sp³-hybridized carbons (Fsp3) is 0.273. The molecule has 2 rings (SSSR count). The number of sulfonamides is 1. The molecule has 0 radical (unpaired) electrons. The number of ether oxygens (including phenoxy) is 1. The normalized spacial score (nSPS) is 12.0. The van der Waals surface area contributed by atoms with Crippen LogP contribution < -0.4 is 4.74 Å². The first-order valence-electron chi connectivity index (χ1n) is 5.27. The third-order valence-corrected chi connectivity index (χ3v) is 6.91. The minimum atomic E-state index is -3.54. The number of rotatable bonds is 5. The minimum absolute atomic E-state index is 0.222. The molecule has 0 N–H and O–H groups in total. The van der Waals surface area contributed by atoms with E-state index in [0.29, 0.717) is 16.6 Å². The highest BCUT2D eigenvalue weighted by Crippen LogP contribution is 2.32. The summed E-state index contributed by atoms with van der Waals surface area (Å²) in [5.74, 6) is 0.376. The number of nitrogens with zero attached hydrogens (tertiary/aromatic N) is 1. The predicted octanol–water partition coefficient (Wildman–Crippen LogP) is 3.29. The quantitative estimate of drug-likeness (QED) is 0.841. The van der Waals surface area contributed by atoms with Crippen LogP contribution in [-0.4, -0.2) is 26.9 Å². The molecule has 4 nitrogen and oxygen atoms in total. The van der Waals surface area contributed by atoms with Crippen molar-refractivity contribution in [3.05, 3.63) is 32.8 Å². The minimum Gasteiger partial charge on any atom is -0.494 e. The van der Waals surface area contributed by atoms with Crippen molar-refractivity contribution in [3.63, 3.8) is 0 Å². The monoisotopic (exact) mass is 337 g/mol. The van der Waals surface area contributed by atoms with Crippen LogP contribution in [0.3, 0.4) is 0 Å². The molecule has 0 aliphatic carbocycles. The molecular weight excluding hydrogens is 326 g/mol. The van der Waals surface area contributed by atoms with E-state index in [4.69, 9.17) is 16.3 Å². The lowest BCUT2D eigenvalue weighted by Crippen LogP contribution is -2.25. The second-order valence-corrected chi connectivity index (χ2v) is 8.70. The van der Waals surface area contributed by atoms with Gasteiger partial charge in [-0.3, -0.25) is 0 Å². The van der Waals surface area contributed by atoms with Crippen molar-refractivity contribution in [2.45, 2.75) is 10.8 Å². The largest absolute Gasteiger partial charge is 0.494 e. The van der Waals surface area contributed by atoms with Crippen LogP contribution in [0.4, 0.5) is 0 Å². The molecule has 0 aromatic carbocycles. The SMILES string of the molecule is COc1ccsc1S(=O)(=O)N(C)Cc1ccc(Cl)s1. The Hall–Kier alpha value is -0.600. The lowest BCUT2D eigenvalue weighted by atomic mass is 10.5. The third kappa shape index (κ3) is 3.11. The van der Waals surface area contributed by atoms with Crippen LogP contribution in [0, 0.1) is 0 Å². The maximum atomic E-state index is 12.4. The molecule has 19 heavy (non-hydrogen) atoms. The zero-order valence-corrected chi connectivity index (χ0v) is 13.5. The molecule has 0 spiro atoms. The smallest absolute Gasteiger partial charge is 0.256 e. The Morgan fingerprint density at radius 1 is 1.37 bits per heavy atom. The molecule has 104 valence electrons. The van der Waals surface area contributed by atoms with E-state index in [0.717, 1.165) is 16.2 Å². The molecule has 0 bridgehead atoms. The average molecular weight is 338 g/mol. The zero-order chi connectivity index (χ0) is 14.0. The topological polar surface area (TPSA) is 46.6 Å². The Bertz CT molecular complexity index is 662. The maximum absolute atomic E-state index is 12.4. The van der Waals surface area contributed by atoms with Gasteiger partial charge >= 0.3 is 0 Å². The van der Waals surface area contributed by atoms with E-state index in [9.17, 15) is 8.42 Å². The summed E-state index contributed by atoms with van der Waals surface area (Å²) in [6.45, 7) is 0.292. The van der Waals surface area contributed by atoms with Gasteiger partial charge in [-0.25, -0.2) is 8.42 Å². The highest BCUT2D eigenvalue weighted by molar-refractivity contribution is 7.91. The first-order chi connectivity index (χ1) is 8.95. The third-order valence-electron chi connectivity index (χ3n) is 2.47. The summed E-state index contributed by atoms with van der Waals surface area (Å²) in [7, 11) is -0.535. The van der Waals surface area contributed by atoms with Crippen LogP contribution in [0.2, 0.25) is 4.34 Å². The van der Waals surface area contributed by atoms with Gasteiger partial charge in [-0.1, -0.05) is 11.6 Å². The molecule has 2 aromatic rings. The van der Waals surface area contributed by atoms with Crippen molar-refractivity contribution < 1.29 is 13.2 Å². The van der Waals surface area contributed by atoms with E-state index in [-0.39, 0.29) is 4.21 Å². The predicted molar refractivity (Wildman–Crippen MR) is 78.9 cm³/mol. The summed E-state index contributed by atoms with van der Waals surface area (Å²) in [4.78, 5) is 0.895. The van der Waals surface area contributed by atoms with E-state index in [1.54, 1.807) is 24.6 Å². The molecule has 0 unspecified atom stereocenters. The molecule has 2 heterocycles. The van der Waals surface area contributed by atoms with Crippen molar-refractivity contribution in [2.24, 2.45) is 0 Å². The molecule has 2 aromatic heterocycles. The number of halogens is 1. The molecule has 0 amide bonds. The van der Waals surface area contributed by atoms with Gasteiger partial charge in [0.05, 0.1) is 11.4 Å². The van der Waals surface area contributed by atoms with Crippen LogP contribution >= 0.6 is 34.3 Å². The van der Waals surface area contributed by atoms with Crippen molar-refractivity contribution in [2.75, 3.05) is 14.2 Å². The van der Waals surface area contributed by atoms with Crippen LogP contribution in [0.25, 0.3) is 0 Å². The van der Waals surface area contributed by atoms with Gasteiger partial charge in [-0.2, -0.15) is 4.31 Å². The Labute approximate surface area is 125 Å². The number of hydrogen-bond acceptors (Lipinski definition) is 5. The van der Waals surface area contributed by atoms with Gasteiger partial charge in [0.15, 0.2) is 4.21 Å². The van der Waals surface area contributed by atoms with Crippen molar-refractivity contribution >= 4 is 44.3 Å². The van der Waals surface area contributed by atoms with Gasteiger partial charge in [0, 0.05) is 18.5 Å². The van der Waals surface area contributed by atoms with Gasteiger partial charge < -0.3 is 4.74 Å². The molecule has 0 atom stereocenters. The van der Waals surface area contributed by atoms with E-state index in [1.165, 1.54) is 22.8 Å². The Morgan fingerprint density at radius 2 is 2.11 bits per heavy atom. The molecule has 0 aliphatic rings. The van der Waals surface area contributed by atoms with Crippen LogP contribution in [0.15, 0.2) is 27.8 Å². The van der Waals surface area contributed by atoms with Gasteiger partial charge in [0.2, 0.25) is 0 Å². The van der Waals surface area contributed by atoms with Crippen LogP contribution in [0.5, 0.6) is 5.75 Å². The summed E-state index contributed by atoms with van der Waals surface area (Å²) >= 11 is 8.36. The standard InChI is InChI=1S/C11H12ClNO3S3/c1-13(7-8-3-4-10(12)18-8)19(14,15)11-9(16-2)5-6-17-11/h3-6H,7H2,1-2H3. The van der Waals surface area contributed by atoms with E-state index in [2.05, 4.69) is 0 Å². The van der Waals surface area contributed by atoms with Crippen molar-refractivity contribution in [1.29, 1.82) is 0 Å². The first kappa shape index (κ1) is 14.8. The van der Waals surface area contributed by atoms with Gasteiger partial charge in [0.1, 0.15) is 5.75 Å². The Kier molecular flexibility index (Phi) is 4.52. The van der Waals surface area contributed by atoms with E-state index >= 15 is 0 Å². The van der Waals surface area contributed by atoms with Crippen LogP contribution in [0.1, 0.15) is 4.88 Å². The lowest BCUT2D eigenvalue weighted by Gasteiger charge is -2.15. The molecule has 0 saturated carbocycles. The summed E-state index contributed by atoms with van der Waals surface area (Å²) in [5, 5.41) is 1.70. The lowest BCUT2D eigenvalue weighted by molar-refractivity contribution is 0.402. The summed E-state index contributed by atoms with van der Waals surface area (Å²) in [5.41, 5.74) is 0. The van der Waals surface area contributed by atoms with E-state index in [1.807, 2.05) is 6.07 Å². The number of methoxy groups -OCH3 is 1. The van der Waals surface area contributed by atoms with Crippen molar-refractivity contribution in [1.82, 2.24) is 4.31 Å². The highest BCUT2D eigenvalue weighted by atomic mass is 35.5.